The SMILES string of the molecule is CCOc1ccc2nc(Nc3ncccc3N)sc2c1. The van der Waals surface area contributed by atoms with Gasteiger partial charge in [0.15, 0.2) is 10.9 Å². The van der Waals surface area contributed by atoms with Crippen molar-refractivity contribution < 1.29 is 4.74 Å². The van der Waals surface area contributed by atoms with Gasteiger partial charge in [0.05, 0.1) is 22.5 Å². The van der Waals surface area contributed by atoms with Crippen molar-refractivity contribution in [1.82, 2.24) is 9.97 Å². The average Bonchev–Trinajstić information content (AvgIpc) is 2.83. The number of nitrogens with zero attached hydrogens (tertiary/aromatic N) is 2. The molecule has 0 aliphatic carbocycles. The Morgan fingerprint density at radius 1 is 1.35 bits per heavy atom. The Hall–Kier alpha value is -2.34. The first-order valence-electron chi connectivity index (χ1n) is 6.27. The van der Waals surface area contributed by atoms with Crippen LogP contribution < -0.4 is 15.8 Å². The van der Waals surface area contributed by atoms with E-state index < -0.39 is 0 Å². The standard InChI is InChI=1S/C14H14N4OS/c1-2-19-9-5-6-11-12(8-9)20-14(17-11)18-13-10(15)4-3-7-16-13/h3-8H,2,15H2,1H3,(H,16,17,18). The number of ether oxygens (including phenoxy) is 1. The lowest BCUT2D eigenvalue weighted by molar-refractivity contribution is 0.341. The second-order valence-corrected chi connectivity index (χ2v) is 5.18. The first kappa shape index (κ1) is 12.7. The molecule has 1 aromatic carbocycles. The quantitative estimate of drug-likeness (QED) is 0.769. The van der Waals surface area contributed by atoms with Gasteiger partial charge >= 0.3 is 0 Å². The fourth-order valence-electron chi connectivity index (χ4n) is 1.84. The highest BCUT2D eigenvalue weighted by molar-refractivity contribution is 7.22. The van der Waals surface area contributed by atoms with Crippen molar-refractivity contribution in [1.29, 1.82) is 0 Å². The number of hydrogen-bond acceptors (Lipinski definition) is 6. The molecule has 3 rings (SSSR count). The van der Waals surface area contributed by atoms with Crippen LogP contribution >= 0.6 is 11.3 Å². The summed E-state index contributed by atoms with van der Waals surface area (Å²) in [6.45, 7) is 2.62. The third kappa shape index (κ3) is 2.50. The Morgan fingerprint density at radius 3 is 3.05 bits per heavy atom. The van der Waals surface area contributed by atoms with Crippen molar-refractivity contribution in [3.8, 4) is 5.75 Å². The van der Waals surface area contributed by atoms with Crippen LogP contribution in [0.15, 0.2) is 36.5 Å². The van der Waals surface area contributed by atoms with Crippen LogP contribution in [0.1, 0.15) is 6.92 Å². The van der Waals surface area contributed by atoms with Crippen molar-refractivity contribution in [2.45, 2.75) is 6.92 Å². The number of fused-ring (bicyclic) bond motifs is 1. The smallest absolute Gasteiger partial charge is 0.189 e. The summed E-state index contributed by atoms with van der Waals surface area (Å²) in [6.07, 6.45) is 1.69. The van der Waals surface area contributed by atoms with Crippen LogP contribution in [0.4, 0.5) is 16.6 Å². The molecule has 5 nitrogen and oxygen atoms in total. The monoisotopic (exact) mass is 286 g/mol. The van der Waals surface area contributed by atoms with Crippen molar-refractivity contribution in [2.75, 3.05) is 17.7 Å². The number of nitrogens with one attached hydrogen (secondary N) is 1. The number of benzene rings is 1. The number of pyridine rings is 1. The van der Waals surface area contributed by atoms with Gasteiger partial charge in [0, 0.05) is 6.20 Å². The number of nitrogens with two attached hydrogens (primary N) is 1. The van der Waals surface area contributed by atoms with Crippen LogP contribution in [0, 0.1) is 0 Å². The Balaban J connectivity index is 1.91. The minimum atomic E-state index is 0.599. The van der Waals surface area contributed by atoms with E-state index in [0.717, 1.165) is 21.1 Å². The van der Waals surface area contributed by atoms with Crippen LogP contribution in [0.3, 0.4) is 0 Å². The first-order chi connectivity index (χ1) is 9.76. The molecule has 0 aliphatic heterocycles. The highest BCUT2D eigenvalue weighted by atomic mass is 32.1. The van der Waals surface area contributed by atoms with Crippen LogP contribution in [-0.4, -0.2) is 16.6 Å². The average molecular weight is 286 g/mol. The van der Waals surface area contributed by atoms with E-state index in [1.165, 1.54) is 0 Å². The van der Waals surface area contributed by atoms with Gasteiger partial charge < -0.3 is 15.8 Å². The fraction of sp³-hybridized carbons (Fsp3) is 0.143. The van der Waals surface area contributed by atoms with E-state index >= 15 is 0 Å². The van der Waals surface area contributed by atoms with E-state index in [1.807, 2.05) is 25.1 Å². The third-order valence-corrected chi connectivity index (χ3v) is 3.67. The Labute approximate surface area is 120 Å². The number of rotatable bonds is 4. The zero-order chi connectivity index (χ0) is 13.9. The predicted octanol–water partition coefficient (Wildman–Crippen LogP) is 3.42. The Bertz CT molecular complexity index is 741. The Kier molecular flexibility index (Phi) is 3.39. The highest BCUT2D eigenvalue weighted by Gasteiger charge is 2.07. The summed E-state index contributed by atoms with van der Waals surface area (Å²) in [5.41, 5.74) is 7.38. The maximum Gasteiger partial charge on any atom is 0.189 e. The number of aromatic nitrogens is 2. The zero-order valence-electron chi connectivity index (χ0n) is 11.0. The minimum Gasteiger partial charge on any atom is -0.494 e. The molecule has 3 N–H and O–H groups in total. The van der Waals surface area contributed by atoms with Gasteiger partial charge in [0.25, 0.3) is 0 Å². The highest BCUT2D eigenvalue weighted by Crippen LogP contribution is 2.31. The second kappa shape index (κ2) is 5.34. The van der Waals surface area contributed by atoms with Crippen LogP contribution in [0.25, 0.3) is 10.2 Å². The third-order valence-electron chi connectivity index (χ3n) is 2.74. The van der Waals surface area contributed by atoms with Crippen LogP contribution in [-0.2, 0) is 0 Å². The van der Waals surface area contributed by atoms with E-state index in [2.05, 4.69) is 15.3 Å². The van der Waals surface area contributed by atoms with Gasteiger partial charge in [0.2, 0.25) is 0 Å². The summed E-state index contributed by atoms with van der Waals surface area (Å²) in [5.74, 6) is 1.48. The normalized spacial score (nSPS) is 10.7. The van der Waals surface area contributed by atoms with Gasteiger partial charge in [-0.05, 0) is 37.3 Å². The maximum atomic E-state index is 5.86. The van der Waals surface area contributed by atoms with Crippen molar-refractivity contribution in [2.24, 2.45) is 0 Å². The van der Waals surface area contributed by atoms with E-state index in [-0.39, 0.29) is 0 Å². The molecule has 0 saturated heterocycles. The molecule has 3 aromatic rings. The van der Waals surface area contributed by atoms with E-state index in [4.69, 9.17) is 10.5 Å². The van der Waals surface area contributed by atoms with Gasteiger partial charge in [-0.15, -0.1) is 0 Å². The molecule has 0 unspecified atom stereocenters. The second-order valence-electron chi connectivity index (χ2n) is 4.15. The summed E-state index contributed by atoms with van der Waals surface area (Å²) in [5, 5.41) is 3.91. The lowest BCUT2D eigenvalue weighted by atomic mass is 10.3. The van der Waals surface area contributed by atoms with Gasteiger partial charge in [-0.25, -0.2) is 9.97 Å². The lowest BCUT2D eigenvalue weighted by Gasteiger charge is -2.03. The molecular weight excluding hydrogens is 272 g/mol. The van der Waals surface area contributed by atoms with Crippen LogP contribution in [0.5, 0.6) is 5.75 Å². The molecule has 0 atom stereocenters. The molecule has 0 spiro atoms. The van der Waals surface area contributed by atoms with Crippen molar-refractivity contribution in [3.05, 3.63) is 36.5 Å². The predicted molar refractivity (Wildman–Crippen MR) is 82.7 cm³/mol. The Morgan fingerprint density at radius 2 is 2.25 bits per heavy atom. The number of anilines is 3. The molecule has 0 fully saturated rings. The number of thiazole rings is 1. The fourth-order valence-corrected chi connectivity index (χ4v) is 2.73. The largest absolute Gasteiger partial charge is 0.494 e. The number of hydrogen-bond donors (Lipinski definition) is 2. The molecule has 6 heteroatoms. The topological polar surface area (TPSA) is 73.1 Å². The molecule has 0 aliphatic rings. The molecule has 20 heavy (non-hydrogen) atoms. The van der Waals surface area contributed by atoms with Crippen molar-refractivity contribution in [3.63, 3.8) is 0 Å². The van der Waals surface area contributed by atoms with Gasteiger partial charge in [0.1, 0.15) is 5.75 Å². The van der Waals surface area contributed by atoms with E-state index in [0.29, 0.717) is 18.1 Å². The first-order valence-corrected chi connectivity index (χ1v) is 7.09. The van der Waals surface area contributed by atoms with E-state index in [1.54, 1.807) is 29.7 Å². The summed E-state index contributed by atoms with van der Waals surface area (Å²) in [6, 6.07) is 9.46. The molecule has 2 heterocycles. The number of nitrogen functional groups attached to an aromatic ring is 1. The van der Waals surface area contributed by atoms with Crippen LogP contribution in [0.2, 0.25) is 0 Å². The minimum absolute atomic E-state index is 0.599. The summed E-state index contributed by atoms with van der Waals surface area (Å²) in [7, 11) is 0. The van der Waals surface area contributed by atoms with Gasteiger partial charge in [-0.1, -0.05) is 11.3 Å². The molecule has 0 saturated carbocycles. The maximum absolute atomic E-state index is 5.86. The molecule has 2 aromatic heterocycles. The lowest BCUT2D eigenvalue weighted by Crippen LogP contribution is -1.97. The molecular formula is C14H14N4OS. The molecule has 0 bridgehead atoms. The van der Waals surface area contributed by atoms with Gasteiger partial charge in [-0.2, -0.15) is 0 Å². The van der Waals surface area contributed by atoms with Crippen molar-refractivity contribution >= 4 is 38.2 Å². The van der Waals surface area contributed by atoms with Gasteiger partial charge in [-0.3, -0.25) is 0 Å². The summed E-state index contributed by atoms with van der Waals surface area (Å²) >= 11 is 1.54. The van der Waals surface area contributed by atoms with E-state index in [9.17, 15) is 0 Å². The molecule has 0 radical (unpaired) electrons. The molecule has 0 amide bonds. The summed E-state index contributed by atoms with van der Waals surface area (Å²) < 4.78 is 6.55. The zero-order valence-corrected chi connectivity index (χ0v) is 11.8. The summed E-state index contributed by atoms with van der Waals surface area (Å²) in [4.78, 5) is 8.70. The molecule has 102 valence electrons.